The Bertz CT molecular complexity index is 1200. The van der Waals surface area contributed by atoms with Crippen LogP contribution in [0.15, 0.2) is 97.1 Å². The standard InChI is InChI=1S/C26H22N2O4/c29-25(17-31-22-15-13-20(14-16-22)19-7-2-1-3-8-19)27-28-26(30)18-32-24-12-6-10-21-9-4-5-11-23(21)24/h1-16H,17-18H2,(H,27,29)(H,28,30). The topological polar surface area (TPSA) is 76.7 Å². The third kappa shape index (κ3) is 5.43. The molecule has 4 aromatic carbocycles. The fraction of sp³-hybridized carbons (Fsp3) is 0.0769. The van der Waals surface area contributed by atoms with Crippen molar-refractivity contribution in [3.8, 4) is 22.6 Å². The first-order valence-corrected chi connectivity index (χ1v) is 10.2. The Balaban J connectivity index is 1.20. The van der Waals surface area contributed by atoms with Gasteiger partial charge in [-0.2, -0.15) is 0 Å². The van der Waals surface area contributed by atoms with Gasteiger partial charge in [0.25, 0.3) is 11.8 Å². The Labute approximate surface area is 185 Å². The minimum absolute atomic E-state index is 0.226. The molecule has 160 valence electrons. The van der Waals surface area contributed by atoms with Gasteiger partial charge in [-0.25, -0.2) is 0 Å². The lowest BCUT2D eigenvalue weighted by Crippen LogP contribution is -2.45. The number of benzene rings is 4. The molecule has 0 saturated carbocycles. The van der Waals surface area contributed by atoms with Crippen LogP contribution in [0, 0.1) is 0 Å². The van der Waals surface area contributed by atoms with Crippen LogP contribution < -0.4 is 20.3 Å². The molecule has 2 N–H and O–H groups in total. The van der Waals surface area contributed by atoms with Crippen molar-refractivity contribution in [2.45, 2.75) is 0 Å². The molecule has 4 aromatic rings. The van der Waals surface area contributed by atoms with E-state index in [1.165, 1.54) is 0 Å². The van der Waals surface area contributed by atoms with Gasteiger partial charge in [0.15, 0.2) is 13.2 Å². The van der Waals surface area contributed by atoms with Crippen molar-refractivity contribution in [2.24, 2.45) is 0 Å². The maximum atomic E-state index is 12.0. The number of hydrogen-bond donors (Lipinski definition) is 2. The first-order chi connectivity index (χ1) is 15.7. The molecular weight excluding hydrogens is 404 g/mol. The van der Waals surface area contributed by atoms with Gasteiger partial charge in [-0.1, -0.05) is 78.9 Å². The number of ether oxygens (including phenoxy) is 2. The first-order valence-electron chi connectivity index (χ1n) is 10.2. The van der Waals surface area contributed by atoms with Crippen LogP contribution in [-0.2, 0) is 9.59 Å². The molecule has 4 rings (SSSR count). The number of hydrazine groups is 1. The molecule has 0 aliphatic rings. The maximum absolute atomic E-state index is 12.0. The Morgan fingerprint density at radius 3 is 1.94 bits per heavy atom. The zero-order valence-electron chi connectivity index (χ0n) is 17.3. The summed E-state index contributed by atoms with van der Waals surface area (Å²) < 4.78 is 11.1. The van der Waals surface area contributed by atoms with E-state index in [4.69, 9.17) is 9.47 Å². The maximum Gasteiger partial charge on any atom is 0.276 e. The molecular formula is C26H22N2O4. The Hall–Kier alpha value is -4.32. The number of hydrogen-bond acceptors (Lipinski definition) is 4. The summed E-state index contributed by atoms with van der Waals surface area (Å²) in [6.45, 7) is -0.453. The van der Waals surface area contributed by atoms with Gasteiger partial charge in [0, 0.05) is 5.39 Å². The van der Waals surface area contributed by atoms with Gasteiger partial charge in [-0.3, -0.25) is 20.4 Å². The third-order valence-electron chi connectivity index (χ3n) is 4.78. The van der Waals surface area contributed by atoms with Gasteiger partial charge >= 0.3 is 0 Å². The van der Waals surface area contributed by atoms with Gasteiger partial charge in [-0.05, 0) is 34.7 Å². The second-order valence-corrected chi connectivity index (χ2v) is 7.04. The molecule has 0 fully saturated rings. The smallest absolute Gasteiger partial charge is 0.276 e. The van der Waals surface area contributed by atoms with Gasteiger partial charge in [0.2, 0.25) is 0 Å². The quantitative estimate of drug-likeness (QED) is 0.436. The van der Waals surface area contributed by atoms with Crippen molar-refractivity contribution in [3.63, 3.8) is 0 Å². The molecule has 0 aliphatic carbocycles. The second-order valence-electron chi connectivity index (χ2n) is 7.04. The lowest BCUT2D eigenvalue weighted by molar-refractivity contribution is -0.130. The largest absolute Gasteiger partial charge is 0.484 e. The number of fused-ring (bicyclic) bond motifs is 1. The van der Waals surface area contributed by atoms with Crippen LogP contribution in [0.3, 0.4) is 0 Å². The summed E-state index contributed by atoms with van der Waals surface area (Å²) in [5.74, 6) is 0.214. The van der Waals surface area contributed by atoms with Crippen molar-refractivity contribution >= 4 is 22.6 Å². The van der Waals surface area contributed by atoms with E-state index in [0.29, 0.717) is 11.5 Å². The van der Waals surface area contributed by atoms with Crippen molar-refractivity contribution in [2.75, 3.05) is 13.2 Å². The van der Waals surface area contributed by atoms with Crippen LogP contribution in [0.4, 0.5) is 0 Å². The molecule has 0 radical (unpaired) electrons. The highest BCUT2D eigenvalue weighted by Crippen LogP contribution is 2.25. The summed E-state index contributed by atoms with van der Waals surface area (Å²) in [5.41, 5.74) is 6.80. The Morgan fingerprint density at radius 2 is 1.19 bits per heavy atom. The predicted octanol–water partition coefficient (Wildman–Crippen LogP) is 4.11. The molecule has 6 nitrogen and oxygen atoms in total. The van der Waals surface area contributed by atoms with Crippen molar-refractivity contribution < 1.29 is 19.1 Å². The first kappa shape index (κ1) is 20.9. The molecule has 0 unspecified atom stereocenters. The zero-order valence-corrected chi connectivity index (χ0v) is 17.3. The normalized spacial score (nSPS) is 10.4. The van der Waals surface area contributed by atoms with Crippen LogP contribution in [0.25, 0.3) is 21.9 Å². The molecule has 32 heavy (non-hydrogen) atoms. The molecule has 0 aliphatic heterocycles. The predicted molar refractivity (Wildman–Crippen MR) is 123 cm³/mol. The molecule has 0 spiro atoms. The molecule has 2 amide bonds. The number of carbonyl (C=O) groups is 2. The molecule has 0 bridgehead atoms. The molecule has 6 heteroatoms. The minimum atomic E-state index is -0.476. The average molecular weight is 426 g/mol. The van der Waals surface area contributed by atoms with E-state index in [-0.39, 0.29) is 13.2 Å². The lowest BCUT2D eigenvalue weighted by Gasteiger charge is -2.11. The number of rotatable bonds is 7. The van der Waals surface area contributed by atoms with Crippen LogP contribution in [0.2, 0.25) is 0 Å². The average Bonchev–Trinajstić information content (AvgIpc) is 2.85. The van der Waals surface area contributed by atoms with E-state index in [0.717, 1.165) is 21.9 Å². The summed E-state index contributed by atoms with van der Waals surface area (Å²) in [6, 6.07) is 30.8. The van der Waals surface area contributed by atoms with Gasteiger partial charge in [0.1, 0.15) is 11.5 Å². The summed E-state index contributed by atoms with van der Waals surface area (Å²) in [7, 11) is 0. The van der Waals surface area contributed by atoms with E-state index >= 15 is 0 Å². The monoisotopic (exact) mass is 426 g/mol. The van der Waals surface area contributed by atoms with E-state index < -0.39 is 11.8 Å². The van der Waals surface area contributed by atoms with E-state index in [1.807, 2.05) is 78.9 Å². The SMILES string of the molecule is O=C(COc1ccc(-c2ccccc2)cc1)NNC(=O)COc1cccc2ccccc12. The third-order valence-corrected chi connectivity index (χ3v) is 4.78. The Morgan fingerprint density at radius 1 is 0.594 bits per heavy atom. The summed E-state index contributed by atoms with van der Waals surface area (Å²) in [6.07, 6.45) is 0. The summed E-state index contributed by atoms with van der Waals surface area (Å²) in [5, 5.41) is 1.94. The van der Waals surface area contributed by atoms with Crippen molar-refractivity contribution in [1.82, 2.24) is 10.9 Å². The summed E-state index contributed by atoms with van der Waals surface area (Å²) in [4.78, 5) is 24.0. The zero-order chi connectivity index (χ0) is 22.2. The van der Waals surface area contributed by atoms with Crippen molar-refractivity contribution in [3.05, 3.63) is 97.1 Å². The molecule has 0 aromatic heterocycles. The second kappa shape index (κ2) is 10.1. The Kier molecular flexibility index (Phi) is 6.63. The highest BCUT2D eigenvalue weighted by Gasteiger charge is 2.08. The van der Waals surface area contributed by atoms with Gasteiger partial charge in [-0.15, -0.1) is 0 Å². The van der Waals surface area contributed by atoms with Crippen LogP contribution in [0.5, 0.6) is 11.5 Å². The molecule has 0 saturated heterocycles. The number of amides is 2. The van der Waals surface area contributed by atoms with E-state index in [9.17, 15) is 9.59 Å². The van der Waals surface area contributed by atoms with Gasteiger partial charge in [0.05, 0.1) is 0 Å². The van der Waals surface area contributed by atoms with Gasteiger partial charge < -0.3 is 9.47 Å². The van der Waals surface area contributed by atoms with Crippen LogP contribution in [0.1, 0.15) is 0 Å². The van der Waals surface area contributed by atoms with Crippen LogP contribution in [-0.4, -0.2) is 25.0 Å². The highest BCUT2D eigenvalue weighted by atomic mass is 16.5. The highest BCUT2D eigenvalue weighted by molar-refractivity contribution is 5.89. The fourth-order valence-corrected chi connectivity index (χ4v) is 3.20. The van der Waals surface area contributed by atoms with Crippen molar-refractivity contribution in [1.29, 1.82) is 0 Å². The lowest BCUT2D eigenvalue weighted by atomic mass is 10.1. The van der Waals surface area contributed by atoms with E-state index in [1.54, 1.807) is 18.2 Å². The van der Waals surface area contributed by atoms with E-state index in [2.05, 4.69) is 10.9 Å². The molecule has 0 heterocycles. The number of carbonyl (C=O) groups excluding carboxylic acids is 2. The van der Waals surface area contributed by atoms with Crippen LogP contribution >= 0.6 is 0 Å². The minimum Gasteiger partial charge on any atom is -0.484 e. The summed E-state index contributed by atoms with van der Waals surface area (Å²) >= 11 is 0. The number of nitrogens with one attached hydrogen (secondary N) is 2. The molecule has 0 atom stereocenters. The fourth-order valence-electron chi connectivity index (χ4n) is 3.20.